The molecule has 0 aliphatic rings. The zero-order chi connectivity index (χ0) is 31.9. The summed E-state index contributed by atoms with van der Waals surface area (Å²) >= 11 is 0. The first-order valence-electron chi connectivity index (χ1n) is 12.2. The van der Waals surface area contributed by atoms with E-state index >= 15 is 0 Å². The number of phenolic OH excluding ortho intramolecular Hbond substituents is 1. The molecule has 0 aliphatic heterocycles. The lowest BCUT2D eigenvalue weighted by molar-refractivity contribution is -0.117. The highest BCUT2D eigenvalue weighted by atomic mass is 32.2. The van der Waals surface area contributed by atoms with Crippen molar-refractivity contribution in [2.75, 3.05) is 11.6 Å². The van der Waals surface area contributed by atoms with Crippen LogP contribution in [0.4, 0.5) is 17.1 Å². The van der Waals surface area contributed by atoms with E-state index in [2.05, 4.69) is 15.7 Å². The van der Waals surface area contributed by atoms with Crippen LogP contribution in [-0.4, -0.2) is 56.5 Å². The van der Waals surface area contributed by atoms with Gasteiger partial charge in [0.15, 0.2) is 5.75 Å². The molecule has 4 rings (SSSR count). The minimum atomic E-state index is -5.23. The van der Waals surface area contributed by atoms with E-state index < -0.39 is 68.1 Å². The summed E-state index contributed by atoms with van der Waals surface area (Å²) in [4.78, 5) is 10.0. The number of benzene rings is 4. The topological polar surface area (TPSA) is 240 Å². The Balaban J connectivity index is 2.11. The number of nitrogens with zero attached hydrogens (tertiary/aromatic N) is 3. The Morgan fingerprint density at radius 2 is 1.53 bits per heavy atom. The molecule has 4 aromatic carbocycles. The quantitative estimate of drug-likeness (QED) is 0.0974. The van der Waals surface area contributed by atoms with Gasteiger partial charge >= 0.3 is 0 Å². The molecule has 4 aromatic rings. The molecular weight excluding hydrogens is 628 g/mol. The molecule has 0 aliphatic carbocycles. The van der Waals surface area contributed by atoms with Gasteiger partial charge in [0.1, 0.15) is 21.2 Å². The van der Waals surface area contributed by atoms with Gasteiger partial charge in [-0.05, 0) is 41.5 Å². The summed E-state index contributed by atoms with van der Waals surface area (Å²) in [5.41, 5.74) is 1.01. The van der Waals surface area contributed by atoms with Gasteiger partial charge < -0.3 is 5.11 Å². The number of hydrogen-bond donors (Lipinski definition) is 5. The maximum absolute atomic E-state index is 12.5. The van der Waals surface area contributed by atoms with E-state index in [1.165, 1.54) is 18.2 Å². The molecule has 0 spiro atoms. The summed E-state index contributed by atoms with van der Waals surface area (Å²) in [6.07, 6.45) is 0.500. The number of aromatic hydroxyl groups is 1. The second-order valence-corrected chi connectivity index (χ2v) is 13.3. The third-order valence-electron chi connectivity index (χ3n) is 6.13. The van der Waals surface area contributed by atoms with Crippen molar-refractivity contribution < 1.29 is 48.8 Å². The lowest BCUT2D eigenvalue weighted by Crippen LogP contribution is -2.42. The minimum absolute atomic E-state index is 0.0540. The smallest absolute Gasteiger partial charge is 0.297 e. The summed E-state index contributed by atoms with van der Waals surface area (Å²) in [7, 11) is -15.1. The highest BCUT2D eigenvalue weighted by Crippen LogP contribution is 2.46. The summed E-state index contributed by atoms with van der Waals surface area (Å²) in [5.74, 6) is -1.71. The van der Waals surface area contributed by atoms with Gasteiger partial charge in [-0.15, -0.1) is 10.2 Å². The molecule has 0 saturated carbocycles. The van der Waals surface area contributed by atoms with Gasteiger partial charge in [-0.3, -0.25) is 18.5 Å². The highest BCUT2D eigenvalue weighted by Gasteiger charge is 2.28. The summed E-state index contributed by atoms with van der Waals surface area (Å²) in [5, 5.41) is 19.4. The Hall–Kier alpha value is -4.04. The third-order valence-corrected chi connectivity index (χ3v) is 8.77. The van der Waals surface area contributed by atoms with Gasteiger partial charge in [-0.2, -0.15) is 25.3 Å². The van der Waals surface area contributed by atoms with Crippen molar-refractivity contribution in [1.29, 1.82) is 0 Å². The molecular formula is C25H24N4O11S3. The number of hydrogen-bond acceptors (Lipinski definition) is 11. The van der Waals surface area contributed by atoms with Crippen molar-refractivity contribution in [3.63, 3.8) is 0 Å². The molecule has 0 heterocycles. The largest absolute Gasteiger partial charge is 0.505 e. The molecule has 0 radical (unpaired) electrons. The number of anilines is 1. The maximum atomic E-state index is 12.5. The van der Waals surface area contributed by atoms with Crippen LogP contribution in [-0.2, 0) is 35.1 Å². The number of carbonyl (C=O) groups excluding carboxylic acids is 1. The monoisotopic (exact) mass is 652 g/mol. The van der Waals surface area contributed by atoms with Gasteiger partial charge in [0.05, 0.1) is 16.0 Å². The molecule has 0 unspecified atom stereocenters. The zero-order valence-electron chi connectivity index (χ0n) is 22.3. The van der Waals surface area contributed by atoms with Crippen molar-refractivity contribution in [1.82, 2.24) is 5.43 Å². The summed E-state index contributed by atoms with van der Waals surface area (Å²) in [6, 6.07) is 11.0. The molecule has 0 bridgehead atoms. The first-order valence-corrected chi connectivity index (χ1v) is 16.5. The fourth-order valence-electron chi connectivity index (χ4n) is 4.33. The summed E-state index contributed by atoms with van der Waals surface area (Å²) in [6.45, 7) is 3.06. The van der Waals surface area contributed by atoms with Crippen LogP contribution >= 0.6 is 0 Å². The number of phenols is 1. The van der Waals surface area contributed by atoms with Crippen LogP contribution in [0, 0.1) is 0 Å². The minimum Gasteiger partial charge on any atom is -0.505 e. The number of fused-ring (bicyclic) bond motifs is 2. The Labute approximate surface area is 245 Å². The van der Waals surface area contributed by atoms with E-state index in [9.17, 15) is 48.8 Å². The Kier molecular flexibility index (Phi) is 8.58. The molecule has 43 heavy (non-hydrogen) atoms. The zero-order valence-corrected chi connectivity index (χ0v) is 24.8. The first kappa shape index (κ1) is 31.9. The van der Waals surface area contributed by atoms with Crippen molar-refractivity contribution in [2.24, 2.45) is 10.2 Å². The van der Waals surface area contributed by atoms with Crippen LogP contribution in [0.1, 0.15) is 20.3 Å². The van der Waals surface area contributed by atoms with E-state index in [1.807, 2.05) is 0 Å². The molecule has 18 heteroatoms. The average molecular weight is 653 g/mol. The molecule has 1 amide bonds. The number of azo groups is 1. The van der Waals surface area contributed by atoms with Gasteiger partial charge in [-0.1, -0.05) is 37.3 Å². The van der Waals surface area contributed by atoms with Crippen molar-refractivity contribution in [2.45, 2.75) is 35.0 Å². The van der Waals surface area contributed by atoms with Crippen LogP contribution in [0.25, 0.3) is 21.5 Å². The Bertz CT molecular complexity index is 2150. The normalized spacial score (nSPS) is 12.8. The lowest BCUT2D eigenvalue weighted by atomic mass is 10.1. The number of nitrogens with one attached hydrogen (secondary N) is 1. The molecule has 0 saturated heterocycles. The van der Waals surface area contributed by atoms with Crippen molar-refractivity contribution in [3.05, 3.63) is 54.6 Å². The molecule has 0 atom stereocenters. The molecule has 228 valence electrons. The van der Waals surface area contributed by atoms with Gasteiger partial charge in [0, 0.05) is 18.9 Å². The van der Waals surface area contributed by atoms with Gasteiger partial charge in [-0.25, -0.2) is 10.4 Å². The van der Waals surface area contributed by atoms with Crippen LogP contribution in [0.2, 0.25) is 0 Å². The Morgan fingerprint density at radius 3 is 2.12 bits per heavy atom. The standard InChI is InChI=1S/C25H24N4O11S3/c1-3-10-26-29(14(2)30)20-13-17(41(32,33)34)11-16-12-21(42(35,36)37)23(24(31)22(16)20)28-27-19-9-8-15-6-4-5-7-18(15)25(19)43(38,39)40/h4-9,11-13,26,31H,3,10H2,1-2H3,(H,32,33,34)(H,35,36,37)(H,38,39,40). The molecule has 15 nitrogen and oxygen atoms in total. The third kappa shape index (κ3) is 6.49. The van der Waals surface area contributed by atoms with E-state index in [0.29, 0.717) is 11.8 Å². The van der Waals surface area contributed by atoms with Crippen LogP contribution in [0.15, 0.2) is 79.5 Å². The second kappa shape index (κ2) is 11.6. The molecule has 0 fully saturated rings. The average Bonchev–Trinajstić information content (AvgIpc) is 2.90. The molecule has 5 N–H and O–H groups in total. The lowest BCUT2D eigenvalue weighted by Gasteiger charge is -2.25. The van der Waals surface area contributed by atoms with Crippen LogP contribution in [0.5, 0.6) is 5.75 Å². The number of carbonyl (C=O) groups is 1. The van der Waals surface area contributed by atoms with Crippen LogP contribution in [0.3, 0.4) is 0 Å². The fraction of sp³-hybridized carbons (Fsp3) is 0.160. The maximum Gasteiger partial charge on any atom is 0.297 e. The van der Waals surface area contributed by atoms with E-state index in [1.54, 1.807) is 19.1 Å². The Morgan fingerprint density at radius 1 is 0.860 bits per heavy atom. The van der Waals surface area contributed by atoms with E-state index in [-0.39, 0.29) is 28.4 Å². The fourth-order valence-corrected chi connectivity index (χ4v) is 6.36. The molecule has 0 aromatic heterocycles. The number of amides is 1. The summed E-state index contributed by atoms with van der Waals surface area (Å²) < 4.78 is 103. The number of hydrazine groups is 1. The highest BCUT2D eigenvalue weighted by molar-refractivity contribution is 7.86. The van der Waals surface area contributed by atoms with Gasteiger partial charge in [0.25, 0.3) is 30.4 Å². The van der Waals surface area contributed by atoms with Crippen molar-refractivity contribution >= 4 is 74.9 Å². The van der Waals surface area contributed by atoms with Gasteiger partial charge in [0.2, 0.25) is 5.91 Å². The van der Waals surface area contributed by atoms with Crippen molar-refractivity contribution in [3.8, 4) is 5.75 Å². The predicted octanol–water partition coefficient (Wildman–Crippen LogP) is 4.12. The predicted molar refractivity (Wildman–Crippen MR) is 155 cm³/mol. The van der Waals surface area contributed by atoms with E-state index in [0.717, 1.165) is 36.2 Å². The number of rotatable bonds is 9. The van der Waals surface area contributed by atoms with Crippen LogP contribution < -0.4 is 10.4 Å². The van der Waals surface area contributed by atoms with E-state index in [4.69, 9.17) is 0 Å². The first-order chi connectivity index (χ1) is 19.9. The second-order valence-electron chi connectivity index (χ2n) is 9.14. The SMILES string of the molecule is CCCNN(C(C)=O)c1cc(S(=O)(=O)O)cc2cc(S(=O)(=O)O)c(N=Nc3ccc4ccccc4c3S(=O)(=O)O)c(O)c12.